The maximum absolute atomic E-state index is 12.9. The number of ether oxygens (including phenoxy) is 1. The lowest BCUT2D eigenvalue weighted by molar-refractivity contribution is -0.0432. The minimum atomic E-state index is -1.12. The molecule has 5 N–H and O–H groups in total. The molecule has 11 heteroatoms. The molecule has 4 heterocycles. The first-order chi connectivity index (χ1) is 14.4. The molecule has 0 spiro atoms. The third-order valence-electron chi connectivity index (χ3n) is 5.97. The molecule has 1 fully saturated rings. The van der Waals surface area contributed by atoms with Crippen LogP contribution in [0.25, 0.3) is 11.2 Å². The van der Waals surface area contributed by atoms with Crippen LogP contribution in [-0.4, -0.2) is 70.5 Å². The summed E-state index contributed by atoms with van der Waals surface area (Å²) in [4.78, 5) is 21.6. The van der Waals surface area contributed by atoms with Crippen LogP contribution in [-0.2, 0) is 4.74 Å². The molecule has 0 radical (unpaired) electrons. The fraction of sp³-hybridized carbons (Fsp3) is 0.737. The van der Waals surface area contributed by atoms with E-state index in [1.54, 1.807) is 4.57 Å². The van der Waals surface area contributed by atoms with Gasteiger partial charge in [-0.2, -0.15) is 4.98 Å². The molecule has 11 nitrogen and oxygen atoms in total. The van der Waals surface area contributed by atoms with Crippen LogP contribution in [0.15, 0.2) is 11.1 Å². The Morgan fingerprint density at radius 1 is 1.33 bits per heavy atom. The van der Waals surface area contributed by atoms with Gasteiger partial charge in [0.2, 0.25) is 5.95 Å². The first-order valence-electron chi connectivity index (χ1n) is 10.5. The lowest BCUT2D eigenvalue weighted by Crippen LogP contribution is -2.44. The molecule has 0 aliphatic carbocycles. The van der Waals surface area contributed by atoms with Gasteiger partial charge in [-0.25, -0.2) is 9.55 Å². The monoisotopic (exact) mass is 423 g/mol. The van der Waals surface area contributed by atoms with Crippen molar-refractivity contribution in [2.75, 3.05) is 11.9 Å². The van der Waals surface area contributed by atoms with Gasteiger partial charge in [-0.05, 0) is 6.42 Å². The van der Waals surface area contributed by atoms with Crippen molar-refractivity contribution in [1.29, 1.82) is 0 Å². The summed E-state index contributed by atoms with van der Waals surface area (Å²) >= 11 is 0. The molecule has 30 heavy (non-hydrogen) atoms. The van der Waals surface area contributed by atoms with Crippen LogP contribution in [0.5, 0.6) is 0 Å². The summed E-state index contributed by atoms with van der Waals surface area (Å²) in [7, 11) is 0. The molecule has 6 atom stereocenters. The first-order valence-corrected chi connectivity index (χ1v) is 10.5. The minimum Gasteiger partial charge on any atom is -0.394 e. The van der Waals surface area contributed by atoms with Crippen molar-refractivity contribution in [3.8, 4) is 0 Å². The summed E-state index contributed by atoms with van der Waals surface area (Å²) in [6, 6.07) is -0.430. The fourth-order valence-corrected chi connectivity index (χ4v) is 4.24. The summed E-state index contributed by atoms with van der Waals surface area (Å²) in [5.41, 5.74) is -0.167. The molecule has 1 saturated heterocycles. The number of aromatic nitrogens is 4. The molecule has 0 aromatic carbocycles. The van der Waals surface area contributed by atoms with Crippen molar-refractivity contribution in [2.45, 2.75) is 82.3 Å². The Kier molecular flexibility index (Phi) is 6.07. The van der Waals surface area contributed by atoms with Gasteiger partial charge in [0, 0.05) is 12.8 Å². The topological polar surface area (TPSA) is 155 Å². The first kappa shape index (κ1) is 21.2. The molecule has 2 aromatic heterocycles. The van der Waals surface area contributed by atoms with Gasteiger partial charge < -0.3 is 30.5 Å². The Hall–Kier alpha value is -2.05. The lowest BCUT2D eigenvalue weighted by atomic mass is 9.99. The van der Waals surface area contributed by atoms with E-state index in [0.717, 1.165) is 23.8 Å². The van der Waals surface area contributed by atoms with Crippen LogP contribution in [0, 0.1) is 0 Å². The maximum Gasteiger partial charge on any atom is 0.285 e. The van der Waals surface area contributed by atoms with Crippen LogP contribution in [0.1, 0.15) is 57.9 Å². The van der Waals surface area contributed by atoms with Gasteiger partial charge >= 0.3 is 0 Å². The average molecular weight is 423 g/mol. The molecular formula is C19H29N5O6. The van der Waals surface area contributed by atoms with Crippen molar-refractivity contribution >= 4 is 17.1 Å². The number of nitrogens with one attached hydrogen (secondary N) is 1. The molecule has 0 saturated carbocycles. The standard InChI is InChI=1S/C19H29N5O6/c1-2-3-4-5-11(26)10-6-14(28)24-18(29)16-17(22-19(24)21-10)23(9-20-16)15-7-12(27)13(8-25)30-15/h9-15,25-28H,2-8H2,1H3,(H,21,22)/t10-,11-,12-,13+,14+,15+/m0/s1. The third-order valence-corrected chi connectivity index (χ3v) is 5.97. The van der Waals surface area contributed by atoms with E-state index in [-0.39, 0.29) is 36.6 Å². The summed E-state index contributed by atoms with van der Waals surface area (Å²) in [6.45, 7) is 1.77. The van der Waals surface area contributed by atoms with Crippen LogP contribution < -0.4 is 10.9 Å². The van der Waals surface area contributed by atoms with Gasteiger partial charge in [0.15, 0.2) is 11.2 Å². The zero-order valence-electron chi connectivity index (χ0n) is 16.9. The normalized spacial score (nSPS) is 29.7. The van der Waals surface area contributed by atoms with E-state index in [9.17, 15) is 25.2 Å². The third kappa shape index (κ3) is 3.71. The van der Waals surface area contributed by atoms with E-state index in [4.69, 9.17) is 4.74 Å². The number of fused-ring (bicyclic) bond motifs is 2. The van der Waals surface area contributed by atoms with Crippen molar-refractivity contribution in [3.05, 3.63) is 16.7 Å². The second kappa shape index (κ2) is 8.60. The number of unbranched alkanes of at least 4 members (excludes halogenated alkanes) is 2. The van der Waals surface area contributed by atoms with E-state index in [0.29, 0.717) is 6.42 Å². The quantitative estimate of drug-likeness (QED) is 0.382. The van der Waals surface area contributed by atoms with Crippen molar-refractivity contribution < 1.29 is 25.2 Å². The summed E-state index contributed by atoms with van der Waals surface area (Å²) in [5.74, 6) is 0.157. The van der Waals surface area contributed by atoms with Gasteiger partial charge in [0.1, 0.15) is 18.6 Å². The number of rotatable bonds is 7. The highest BCUT2D eigenvalue weighted by Crippen LogP contribution is 2.32. The van der Waals surface area contributed by atoms with Crippen LogP contribution in [0.2, 0.25) is 0 Å². The summed E-state index contributed by atoms with van der Waals surface area (Å²) in [6.07, 6.45) is 1.40. The summed E-state index contributed by atoms with van der Waals surface area (Å²) < 4.78 is 8.36. The number of aliphatic hydroxyl groups excluding tert-OH is 4. The molecule has 0 unspecified atom stereocenters. The Morgan fingerprint density at radius 3 is 2.83 bits per heavy atom. The Morgan fingerprint density at radius 2 is 2.13 bits per heavy atom. The van der Waals surface area contributed by atoms with Crippen LogP contribution >= 0.6 is 0 Å². The zero-order chi connectivity index (χ0) is 21.4. The Bertz CT molecular complexity index is 945. The highest BCUT2D eigenvalue weighted by atomic mass is 16.5. The minimum absolute atomic E-state index is 0.0760. The lowest BCUT2D eigenvalue weighted by Gasteiger charge is -2.33. The van der Waals surface area contributed by atoms with E-state index in [1.807, 2.05) is 0 Å². The molecule has 2 aliphatic heterocycles. The number of nitrogens with zero attached hydrogens (tertiary/aromatic N) is 4. The van der Waals surface area contributed by atoms with Crippen LogP contribution in [0.4, 0.5) is 5.95 Å². The summed E-state index contributed by atoms with van der Waals surface area (Å²) in [5, 5.41) is 43.5. The van der Waals surface area contributed by atoms with Crippen molar-refractivity contribution in [1.82, 2.24) is 19.1 Å². The zero-order valence-corrected chi connectivity index (χ0v) is 16.9. The fourth-order valence-electron chi connectivity index (χ4n) is 4.24. The number of hydrogen-bond acceptors (Lipinski definition) is 9. The van der Waals surface area contributed by atoms with Gasteiger partial charge in [-0.3, -0.25) is 9.36 Å². The SMILES string of the molecule is CCCCC[C@H](O)[C@@H]1C[C@@H](O)n2c(nc3c(ncn3[C@H]3C[C@H](O)[C@@H](CO)O3)c2=O)N1. The maximum atomic E-state index is 12.9. The second-order valence-electron chi connectivity index (χ2n) is 8.08. The van der Waals surface area contributed by atoms with Crippen LogP contribution in [0.3, 0.4) is 0 Å². The van der Waals surface area contributed by atoms with Crippen molar-refractivity contribution in [2.24, 2.45) is 0 Å². The molecule has 2 aromatic rings. The van der Waals surface area contributed by atoms with E-state index in [1.165, 1.54) is 6.33 Å². The molecule has 2 aliphatic rings. The van der Waals surface area contributed by atoms with E-state index >= 15 is 0 Å². The molecule has 166 valence electrons. The van der Waals surface area contributed by atoms with E-state index < -0.39 is 42.4 Å². The Labute approximate surface area is 173 Å². The van der Waals surface area contributed by atoms with Gasteiger partial charge in [0.25, 0.3) is 5.56 Å². The van der Waals surface area contributed by atoms with Gasteiger partial charge in [-0.1, -0.05) is 26.2 Å². The van der Waals surface area contributed by atoms with Gasteiger partial charge in [0.05, 0.1) is 31.2 Å². The molecular weight excluding hydrogens is 394 g/mol. The van der Waals surface area contributed by atoms with Crippen molar-refractivity contribution in [3.63, 3.8) is 0 Å². The molecule has 4 rings (SSSR count). The number of aliphatic hydroxyl groups is 4. The van der Waals surface area contributed by atoms with Gasteiger partial charge in [-0.15, -0.1) is 0 Å². The predicted octanol–water partition coefficient (Wildman–Crippen LogP) is -0.150. The predicted molar refractivity (Wildman–Crippen MR) is 107 cm³/mol. The highest BCUT2D eigenvalue weighted by Gasteiger charge is 2.37. The average Bonchev–Trinajstić information content (AvgIpc) is 3.30. The smallest absolute Gasteiger partial charge is 0.285 e. The number of imidazole rings is 1. The Balaban J connectivity index is 1.65. The van der Waals surface area contributed by atoms with E-state index in [2.05, 4.69) is 22.2 Å². The number of hydrogen-bond donors (Lipinski definition) is 5. The molecule has 0 bridgehead atoms. The second-order valence-corrected chi connectivity index (χ2v) is 8.08. The molecule has 0 amide bonds. The largest absolute Gasteiger partial charge is 0.394 e. The number of anilines is 1. The highest BCUT2D eigenvalue weighted by molar-refractivity contribution is 5.71.